The maximum Gasteiger partial charge on any atom is 0.154 e. The van der Waals surface area contributed by atoms with Gasteiger partial charge in [-0.3, -0.25) is 0 Å². The maximum absolute atomic E-state index is 5.20. The van der Waals surface area contributed by atoms with Gasteiger partial charge >= 0.3 is 0 Å². The van der Waals surface area contributed by atoms with Crippen molar-refractivity contribution in [2.45, 2.75) is 19.3 Å². The standard InChI is InChI=1S/C13H16N4/c1-3-4-5-6-8-14-13-12-11(7-9-15-13)17(2)10-16-12/h1,7,9-10H,4-6,8H2,2H3,(H,14,15). The molecular formula is C13H16N4. The first-order chi connectivity index (χ1) is 8.33. The molecule has 4 nitrogen and oxygen atoms in total. The monoisotopic (exact) mass is 228 g/mol. The van der Waals surface area contributed by atoms with Crippen LogP contribution in [0.1, 0.15) is 19.3 Å². The number of unbranched alkanes of at least 4 members (excludes halogenated alkanes) is 2. The molecule has 0 saturated heterocycles. The van der Waals surface area contributed by atoms with Crippen molar-refractivity contribution in [2.24, 2.45) is 7.05 Å². The number of nitrogens with one attached hydrogen (secondary N) is 1. The van der Waals surface area contributed by atoms with Crippen molar-refractivity contribution in [3.8, 4) is 12.3 Å². The minimum atomic E-state index is 0.836. The first kappa shape index (κ1) is 11.5. The molecule has 2 aromatic rings. The van der Waals surface area contributed by atoms with E-state index in [0.29, 0.717) is 0 Å². The zero-order valence-corrected chi connectivity index (χ0v) is 9.98. The lowest BCUT2D eigenvalue weighted by Crippen LogP contribution is -2.03. The number of anilines is 1. The second kappa shape index (κ2) is 5.35. The third-order valence-corrected chi connectivity index (χ3v) is 2.68. The molecule has 0 radical (unpaired) electrons. The van der Waals surface area contributed by atoms with Gasteiger partial charge in [-0.15, -0.1) is 12.3 Å². The molecular weight excluding hydrogens is 212 g/mol. The van der Waals surface area contributed by atoms with Crippen LogP contribution in [0.5, 0.6) is 0 Å². The Hall–Kier alpha value is -2.02. The van der Waals surface area contributed by atoms with E-state index in [2.05, 4.69) is 21.2 Å². The molecule has 2 rings (SSSR count). The summed E-state index contributed by atoms with van der Waals surface area (Å²) in [7, 11) is 1.98. The summed E-state index contributed by atoms with van der Waals surface area (Å²) in [6.07, 6.45) is 11.7. The average molecular weight is 228 g/mol. The Morgan fingerprint density at radius 1 is 1.41 bits per heavy atom. The fourth-order valence-corrected chi connectivity index (χ4v) is 1.75. The molecule has 0 amide bonds. The van der Waals surface area contributed by atoms with Gasteiger partial charge in [0.2, 0.25) is 0 Å². The topological polar surface area (TPSA) is 42.7 Å². The van der Waals surface area contributed by atoms with Crippen molar-refractivity contribution in [1.82, 2.24) is 14.5 Å². The molecule has 1 N–H and O–H groups in total. The molecule has 0 atom stereocenters. The van der Waals surface area contributed by atoms with Gasteiger partial charge in [-0.25, -0.2) is 9.97 Å². The van der Waals surface area contributed by atoms with E-state index >= 15 is 0 Å². The number of fused-ring (bicyclic) bond motifs is 1. The molecule has 0 saturated carbocycles. The number of nitrogens with zero attached hydrogens (tertiary/aromatic N) is 3. The first-order valence-corrected chi connectivity index (χ1v) is 5.76. The number of hydrogen-bond donors (Lipinski definition) is 1. The number of pyridine rings is 1. The second-order valence-corrected chi connectivity index (χ2v) is 3.97. The van der Waals surface area contributed by atoms with E-state index in [0.717, 1.165) is 42.7 Å². The zero-order chi connectivity index (χ0) is 12.1. The van der Waals surface area contributed by atoms with Crippen molar-refractivity contribution in [3.05, 3.63) is 18.6 Å². The number of imidazole rings is 1. The third kappa shape index (κ3) is 2.56. The molecule has 0 aromatic carbocycles. The van der Waals surface area contributed by atoms with E-state index in [1.54, 1.807) is 12.5 Å². The molecule has 0 spiro atoms. The van der Waals surface area contributed by atoms with Crippen LogP contribution in [0.25, 0.3) is 11.0 Å². The Morgan fingerprint density at radius 2 is 2.29 bits per heavy atom. The molecule has 0 fully saturated rings. The lowest BCUT2D eigenvalue weighted by molar-refractivity contribution is 0.788. The van der Waals surface area contributed by atoms with Crippen LogP contribution < -0.4 is 5.32 Å². The minimum absolute atomic E-state index is 0.836. The SMILES string of the molecule is C#CCCCCNc1nccc2c1ncn2C. The molecule has 2 heterocycles. The lowest BCUT2D eigenvalue weighted by atomic mass is 10.2. The van der Waals surface area contributed by atoms with Crippen molar-refractivity contribution in [3.63, 3.8) is 0 Å². The predicted octanol–water partition coefficient (Wildman–Crippen LogP) is 2.18. The molecule has 0 unspecified atom stereocenters. The molecule has 0 bridgehead atoms. The summed E-state index contributed by atoms with van der Waals surface area (Å²) in [6, 6.07) is 1.96. The number of terminal acetylenes is 1. The Morgan fingerprint density at radius 3 is 3.12 bits per heavy atom. The molecule has 0 aliphatic carbocycles. The van der Waals surface area contributed by atoms with E-state index in [9.17, 15) is 0 Å². The molecule has 0 aliphatic rings. The quantitative estimate of drug-likeness (QED) is 0.630. The lowest BCUT2D eigenvalue weighted by Gasteiger charge is -2.05. The van der Waals surface area contributed by atoms with Crippen molar-refractivity contribution in [2.75, 3.05) is 11.9 Å². The summed E-state index contributed by atoms with van der Waals surface area (Å²) >= 11 is 0. The van der Waals surface area contributed by atoms with Gasteiger partial charge in [0.05, 0.1) is 11.8 Å². The van der Waals surface area contributed by atoms with Crippen molar-refractivity contribution in [1.29, 1.82) is 0 Å². The predicted molar refractivity (Wildman–Crippen MR) is 69.7 cm³/mol. The van der Waals surface area contributed by atoms with E-state index in [4.69, 9.17) is 6.42 Å². The summed E-state index contributed by atoms with van der Waals surface area (Å²) in [5.41, 5.74) is 2.01. The van der Waals surface area contributed by atoms with Crippen molar-refractivity contribution >= 4 is 16.9 Å². The van der Waals surface area contributed by atoms with Gasteiger partial charge in [0.25, 0.3) is 0 Å². The van der Waals surface area contributed by atoms with E-state index in [1.807, 2.05) is 17.7 Å². The number of rotatable bonds is 5. The van der Waals surface area contributed by atoms with E-state index in [-0.39, 0.29) is 0 Å². The van der Waals surface area contributed by atoms with Gasteiger partial charge in [0, 0.05) is 26.2 Å². The fraction of sp³-hybridized carbons (Fsp3) is 0.385. The zero-order valence-electron chi connectivity index (χ0n) is 9.98. The van der Waals surface area contributed by atoms with Gasteiger partial charge in [0.1, 0.15) is 5.52 Å². The molecule has 17 heavy (non-hydrogen) atoms. The smallest absolute Gasteiger partial charge is 0.154 e. The highest BCUT2D eigenvalue weighted by atomic mass is 15.1. The largest absolute Gasteiger partial charge is 0.368 e. The Balaban J connectivity index is 2.01. The third-order valence-electron chi connectivity index (χ3n) is 2.68. The highest BCUT2D eigenvalue weighted by molar-refractivity contribution is 5.85. The normalized spacial score (nSPS) is 10.4. The molecule has 2 aromatic heterocycles. The van der Waals surface area contributed by atoms with Crippen LogP contribution in [-0.4, -0.2) is 21.1 Å². The van der Waals surface area contributed by atoms with Gasteiger partial charge in [-0.05, 0) is 18.9 Å². The van der Waals surface area contributed by atoms with Gasteiger partial charge in [-0.1, -0.05) is 0 Å². The first-order valence-electron chi connectivity index (χ1n) is 5.76. The van der Waals surface area contributed by atoms with Crippen LogP contribution in [0, 0.1) is 12.3 Å². The van der Waals surface area contributed by atoms with Crippen LogP contribution in [0.2, 0.25) is 0 Å². The van der Waals surface area contributed by atoms with Gasteiger partial charge in [-0.2, -0.15) is 0 Å². The number of hydrogen-bond acceptors (Lipinski definition) is 3. The maximum atomic E-state index is 5.20. The van der Waals surface area contributed by atoms with E-state index in [1.165, 1.54) is 0 Å². The van der Waals surface area contributed by atoms with Gasteiger partial charge < -0.3 is 9.88 Å². The molecule has 4 heteroatoms. The summed E-state index contributed by atoms with van der Waals surface area (Å²) in [5, 5.41) is 3.30. The minimum Gasteiger partial charge on any atom is -0.368 e. The Kier molecular flexibility index (Phi) is 3.61. The summed E-state index contributed by atoms with van der Waals surface area (Å²) in [5.74, 6) is 3.49. The number of aromatic nitrogens is 3. The van der Waals surface area contributed by atoms with Crippen LogP contribution >= 0.6 is 0 Å². The molecule has 0 aliphatic heterocycles. The highest BCUT2D eigenvalue weighted by Gasteiger charge is 2.05. The van der Waals surface area contributed by atoms with Crippen LogP contribution in [0.3, 0.4) is 0 Å². The summed E-state index contributed by atoms with van der Waals surface area (Å²) < 4.78 is 1.99. The average Bonchev–Trinajstić information content (AvgIpc) is 2.72. The van der Waals surface area contributed by atoms with Gasteiger partial charge in [0.15, 0.2) is 5.82 Å². The Bertz CT molecular complexity index is 536. The van der Waals surface area contributed by atoms with Crippen LogP contribution in [0.4, 0.5) is 5.82 Å². The van der Waals surface area contributed by atoms with Crippen LogP contribution in [-0.2, 0) is 7.05 Å². The Labute approximate surface area is 101 Å². The molecule has 88 valence electrons. The number of aryl methyl sites for hydroxylation is 1. The second-order valence-electron chi connectivity index (χ2n) is 3.97. The summed E-state index contributed by atoms with van der Waals surface area (Å²) in [6.45, 7) is 0.879. The van der Waals surface area contributed by atoms with Crippen LogP contribution in [0.15, 0.2) is 18.6 Å². The fourth-order valence-electron chi connectivity index (χ4n) is 1.75. The highest BCUT2D eigenvalue weighted by Crippen LogP contribution is 2.18. The summed E-state index contributed by atoms with van der Waals surface area (Å²) in [4.78, 5) is 8.65. The van der Waals surface area contributed by atoms with E-state index < -0.39 is 0 Å². The van der Waals surface area contributed by atoms with Crippen molar-refractivity contribution < 1.29 is 0 Å².